The van der Waals surface area contributed by atoms with Crippen molar-refractivity contribution in [2.24, 2.45) is 5.10 Å². The molecule has 1 N–H and O–H groups in total. The molecule has 1 heterocycles. The second-order valence-corrected chi connectivity index (χ2v) is 6.82. The number of hydrogen-bond donors (Lipinski definition) is 1. The highest BCUT2D eigenvalue weighted by Crippen LogP contribution is 2.39. The summed E-state index contributed by atoms with van der Waals surface area (Å²) in [4.78, 5) is 11.2. The van der Waals surface area contributed by atoms with Gasteiger partial charge in [-0.1, -0.05) is 46.9 Å². The van der Waals surface area contributed by atoms with Gasteiger partial charge in [-0.15, -0.1) is 0 Å². The Kier molecular flexibility index (Phi) is 5.80. The van der Waals surface area contributed by atoms with Gasteiger partial charge in [-0.3, -0.25) is 10.1 Å². The summed E-state index contributed by atoms with van der Waals surface area (Å²) in [5.74, 6) is -0.647. The summed E-state index contributed by atoms with van der Waals surface area (Å²) in [7, 11) is 0. The summed E-state index contributed by atoms with van der Waals surface area (Å²) in [6.07, 6.45) is 1.78. The maximum atomic E-state index is 11.2. The number of rotatable bonds is 4. The Bertz CT molecular complexity index is 869. The lowest BCUT2D eigenvalue weighted by Crippen LogP contribution is -2.48. The van der Waals surface area contributed by atoms with Crippen LogP contribution in [-0.4, -0.2) is 25.2 Å². The van der Waals surface area contributed by atoms with Crippen LogP contribution in [0.15, 0.2) is 41.5 Å². The van der Waals surface area contributed by atoms with Crippen LogP contribution < -0.4 is 10.3 Å². The van der Waals surface area contributed by atoms with Crippen molar-refractivity contribution in [3.8, 4) is 6.07 Å². The molecule has 0 aromatic heterocycles. The Labute approximate surface area is 165 Å². The van der Waals surface area contributed by atoms with Gasteiger partial charge in [-0.25, -0.2) is 5.01 Å². The number of carbonyl (C=O) groups excluding carboxylic acids is 1. The van der Waals surface area contributed by atoms with E-state index in [1.165, 1.54) is 5.01 Å². The lowest BCUT2D eigenvalue weighted by atomic mass is 9.92. The Morgan fingerprint density at radius 3 is 2.46 bits per heavy atom. The Balaban J connectivity index is 2.03. The van der Waals surface area contributed by atoms with Gasteiger partial charge in [0.15, 0.2) is 12.5 Å². The number of nitrogens with one attached hydrogen (secondary N) is 1. The molecule has 0 bridgehead atoms. The maximum absolute atomic E-state index is 11.2. The van der Waals surface area contributed by atoms with Crippen molar-refractivity contribution in [1.82, 2.24) is 5.32 Å². The van der Waals surface area contributed by atoms with Crippen LogP contribution in [0.25, 0.3) is 0 Å². The second kappa shape index (κ2) is 8.07. The van der Waals surface area contributed by atoms with E-state index in [0.29, 0.717) is 32.9 Å². The summed E-state index contributed by atoms with van der Waals surface area (Å²) in [6.45, 7) is 0.493. The van der Waals surface area contributed by atoms with Crippen LogP contribution in [0.2, 0.25) is 15.1 Å². The van der Waals surface area contributed by atoms with Crippen LogP contribution >= 0.6 is 34.8 Å². The molecule has 0 saturated heterocycles. The first kappa shape index (κ1) is 18.7. The Morgan fingerprint density at radius 2 is 1.88 bits per heavy atom. The molecular formula is C18H13Cl3N4O. The van der Waals surface area contributed by atoms with E-state index in [1.54, 1.807) is 42.6 Å². The van der Waals surface area contributed by atoms with Crippen LogP contribution in [0.5, 0.6) is 0 Å². The quantitative estimate of drug-likeness (QED) is 0.770. The van der Waals surface area contributed by atoms with E-state index < -0.39 is 12.1 Å². The molecule has 8 heteroatoms. The number of hydrazone groups is 1. The van der Waals surface area contributed by atoms with Gasteiger partial charge >= 0.3 is 0 Å². The highest BCUT2D eigenvalue weighted by atomic mass is 35.5. The van der Waals surface area contributed by atoms with Gasteiger partial charge in [-0.2, -0.15) is 10.4 Å². The van der Waals surface area contributed by atoms with Crippen molar-refractivity contribution in [2.45, 2.75) is 12.1 Å². The largest absolute Gasteiger partial charge is 0.299 e. The zero-order valence-electron chi connectivity index (χ0n) is 13.4. The molecule has 0 amide bonds. The zero-order chi connectivity index (χ0) is 18.7. The van der Waals surface area contributed by atoms with Crippen LogP contribution in [0.1, 0.15) is 17.0 Å². The van der Waals surface area contributed by atoms with E-state index >= 15 is 0 Å². The van der Waals surface area contributed by atoms with Crippen molar-refractivity contribution in [3.63, 3.8) is 0 Å². The molecule has 26 heavy (non-hydrogen) atoms. The van der Waals surface area contributed by atoms with E-state index in [-0.39, 0.29) is 0 Å². The molecule has 0 spiro atoms. The van der Waals surface area contributed by atoms with E-state index in [0.717, 1.165) is 11.8 Å². The van der Waals surface area contributed by atoms with Crippen molar-refractivity contribution in [3.05, 3.63) is 62.6 Å². The molecule has 0 fully saturated rings. The average Bonchev–Trinajstić information content (AvgIpc) is 2.65. The maximum Gasteiger partial charge on any atom is 0.159 e. The first-order chi connectivity index (χ1) is 12.5. The van der Waals surface area contributed by atoms with E-state index in [2.05, 4.69) is 16.5 Å². The molecule has 1 aliphatic heterocycles. The number of carbonyl (C=O) groups is 1. The van der Waals surface area contributed by atoms with E-state index in [1.807, 2.05) is 0 Å². The van der Waals surface area contributed by atoms with Crippen molar-refractivity contribution in [2.75, 3.05) is 11.6 Å². The number of hydrogen-bond acceptors (Lipinski definition) is 5. The normalized spacial score (nSPS) is 17.6. The summed E-state index contributed by atoms with van der Waals surface area (Å²) in [5, 5.41) is 19.6. The molecule has 3 rings (SSSR count). The third kappa shape index (κ3) is 3.69. The van der Waals surface area contributed by atoms with Gasteiger partial charge in [-0.05, 0) is 29.8 Å². The van der Waals surface area contributed by atoms with Crippen molar-refractivity contribution in [1.29, 1.82) is 5.26 Å². The molecule has 132 valence electrons. The summed E-state index contributed by atoms with van der Waals surface area (Å²) in [6, 6.07) is 12.5. The molecular weight excluding hydrogens is 395 g/mol. The van der Waals surface area contributed by atoms with Gasteiger partial charge in [0, 0.05) is 33.4 Å². The topological polar surface area (TPSA) is 68.5 Å². The molecule has 5 nitrogen and oxygen atoms in total. The van der Waals surface area contributed by atoms with Crippen molar-refractivity contribution >= 4 is 53.0 Å². The van der Waals surface area contributed by atoms with Crippen molar-refractivity contribution < 1.29 is 4.79 Å². The SMILES string of the molecule is N#CC(c1ccc(Cl)cc1)c1c(Cl)cc(N2N=CCNC2C=O)cc1Cl. The number of anilines is 1. The highest BCUT2D eigenvalue weighted by molar-refractivity contribution is 6.36. The van der Waals surface area contributed by atoms with Crippen LogP contribution in [0.3, 0.4) is 0 Å². The molecule has 0 radical (unpaired) electrons. The smallest absolute Gasteiger partial charge is 0.159 e. The predicted molar refractivity (Wildman–Crippen MR) is 104 cm³/mol. The van der Waals surface area contributed by atoms with Gasteiger partial charge in [0.05, 0.1) is 17.7 Å². The minimum absolute atomic E-state index is 0.319. The lowest BCUT2D eigenvalue weighted by Gasteiger charge is -2.29. The average molecular weight is 408 g/mol. The van der Waals surface area contributed by atoms with E-state index in [4.69, 9.17) is 34.8 Å². The Morgan fingerprint density at radius 1 is 1.23 bits per heavy atom. The van der Waals surface area contributed by atoms with Crippen LogP contribution in [-0.2, 0) is 4.79 Å². The molecule has 0 aliphatic carbocycles. The summed E-state index contributed by atoms with van der Waals surface area (Å²) in [5.41, 5.74) is 1.78. The summed E-state index contributed by atoms with van der Waals surface area (Å²) < 4.78 is 0. The number of halogens is 3. The fourth-order valence-corrected chi connectivity index (χ4v) is 3.55. The standard InChI is InChI=1S/C18H13Cl3N4O/c19-12-3-1-11(2-4-12)14(9-22)18-15(20)7-13(8-16(18)21)25-17(10-26)23-5-6-24-25/h1-4,6-8,10,14,17,23H,5H2. The monoisotopic (exact) mass is 406 g/mol. The number of nitriles is 1. The Hall–Kier alpha value is -2.10. The van der Waals surface area contributed by atoms with E-state index in [9.17, 15) is 10.1 Å². The van der Waals surface area contributed by atoms with Crippen LogP contribution in [0, 0.1) is 11.3 Å². The minimum atomic E-state index is -0.647. The molecule has 2 aromatic carbocycles. The first-order valence-corrected chi connectivity index (χ1v) is 8.83. The zero-order valence-corrected chi connectivity index (χ0v) is 15.6. The molecule has 2 unspecified atom stereocenters. The fraction of sp³-hybridized carbons (Fsp3) is 0.167. The van der Waals surface area contributed by atoms with Gasteiger partial charge in [0.25, 0.3) is 0 Å². The minimum Gasteiger partial charge on any atom is -0.299 e. The molecule has 2 aromatic rings. The predicted octanol–water partition coefficient (Wildman–Crippen LogP) is 4.22. The van der Waals surface area contributed by atoms with Crippen LogP contribution in [0.4, 0.5) is 5.69 Å². The molecule has 2 atom stereocenters. The fourth-order valence-electron chi connectivity index (χ4n) is 2.73. The third-order valence-corrected chi connectivity index (χ3v) is 4.84. The van der Waals surface area contributed by atoms with Gasteiger partial charge in [0.2, 0.25) is 0 Å². The summed E-state index contributed by atoms with van der Waals surface area (Å²) >= 11 is 18.8. The highest BCUT2D eigenvalue weighted by Gasteiger charge is 2.25. The number of benzene rings is 2. The number of nitrogens with zero attached hydrogens (tertiary/aromatic N) is 3. The van der Waals surface area contributed by atoms with Gasteiger partial charge < -0.3 is 0 Å². The number of aldehydes is 1. The lowest BCUT2D eigenvalue weighted by molar-refractivity contribution is -0.109. The second-order valence-electron chi connectivity index (χ2n) is 5.57. The van der Waals surface area contributed by atoms with Gasteiger partial charge in [0.1, 0.15) is 0 Å². The molecule has 1 aliphatic rings. The third-order valence-electron chi connectivity index (χ3n) is 3.97. The molecule has 0 saturated carbocycles. The first-order valence-electron chi connectivity index (χ1n) is 7.69.